The Labute approximate surface area is 169 Å². The van der Waals surface area contributed by atoms with Crippen molar-refractivity contribution in [3.05, 3.63) is 34.9 Å². The summed E-state index contributed by atoms with van der Waals surface area (Å²) in [5, 5.41) is 0.257. The lowest BCUT2D eigenvalue weighted by Crippen LogP contribution is -2.41. The number of allylic oxidation sites excluding steroid dienone is 4. The lowest BCUT2D eigenvalue weighted by molar-refractivity contribution is -0.138. The molecule has 0 aromatic carbocycles. The minimum Gasteiger partial charge on any atom is -0.463 e. The number of hydrogen-bond donors (Lipinski definition) is 0. The number of hydrogen-bond acceptors (Lipinski definition) is 3. The molecule has 0 aromatic heterocycles. The van der Waals surface area contributed by atoms with Crippen LogP contribution in [0.5, 0.6) is 0 Å². The van der Waals surface area contributed by atoms with E-state index in [1.54, 1.807) is 0 Å². The molecule has 0 spiro atoms. The summed E-state index contributed by atoms with van der Waals surface area (Å²) >= 11 is 0. The molecule has 0 amide bonds. The van der Waals surface area contributed by atoms with Gasteiger partial charge in [0.1, 0.15) is 0 Å². The van der Waals surface area contributed by atoms with Crippen LogP contribution in [0.1, 0.15) is 74.1 Å². The maximum Gasteiger partial charge on any atom is 0.333 e. The highest BCUT2D eigenvalue weighted by molar-refractivity contribution is 6.74. The smallest absolute Gasteiger partial charge is 0.333 e. The first kappa shape index (κ1) is 25.9. The lowest BCUT2D eigenvalue weighted by atomic mass is 10.1. The Morgan fingerprint density at radius 3 is 2.00 bits per heavy atom. The summed E-state index contributed by atoms with van der Waals surface area (Å²) in [7, 11) is -1.66. The van der Waals surface area contributed by atoms with Crippen LogP contribution in [0.3, 0.4) is 0 Å². The topological polar surface area (TPSA) is 35.5 Å². The average Bonchev–Trinajstić information content (AvgIpc) is 2.56. The highest BCUT2D eigenvalue weighted by Crippen LogP contribution is 2.36. The standard InChI is InChI=1S/C23H42O3Si/c1-10-25-22(24)21(4)17-13-16-19(2)14-11-12-15-20(3)18-26-27(8,9)23(5,6)7/h14-15,17H,10-13,16,18H2,1-9H3/b19-14+,20-15+,21-17+. The predicted molar refractivity (Wildman–Crippen MR) is 120 cm³/mol. The summed E-state index contributed by atoms with van der Waals surface area (Å²) in [5.74, 6) is -0.209. The van der Waals surface area contributed by atoms with Crippen molar-refractivity contribution in [1.29, 1.82) is 0 Å². The molecular formula is C23H42O3Si. The third kappa shape index (κ3) is 11.3. The number of esters is 1. The molecule has 3 nitrogen and oxygen atoms in total. The van der Waals surface area contributed by atoms with Gasteiger partial charge in [0.25, 0.3) is 0 Å². The van der Waals surface area contributed by atoms with Gasteiger partial charge in [0.05, 0.1) is 13.2 Å². The van der Waals surface area contributed by atoms with Crippen molar-refractivity contribution in [1.82, 2.24) is 0 Å². The number of carbonyl (C=O) groups is 1. The molecule has 0 saturated heterocycles. The second-order valence-electron chi connectivity index (χ2n) is 8.87. The van der Waals surface area contributed by atoms with Crippen molar-refractivity contribution < 1.29 is 14.0 Å². The molecule has 0 N–H and O–H groups in total. The van der Waals surface area contributed by atoms with Crippen molar-refractivity contribution in [3.8, 4) is 0 Å². The maximum absolute atomic E-state index is 11.5. The first-order chi connectivity index (χ1) is 12.4. The number of carbonyl (C=O) groups excluding carboxylic acids is 1. The molecule has 0 aromatic rings. The summed E-state index contributed by atoms with van der Waals surface area (Å²) in [6.45, 7) is 20.5. The van der Waals surface area contributed by atoms with Crippen LogP contribution in [0, 0.1) is 0 Å². The van der Waals surface area contributed by atoms with E-state index in [9.17, 15) is 4.79 Å². The van der Waals surface area contributed by atoms with Gasteiger partial charge in [-0.2, -0.15) is 0 Å². The number of rotatable bonds is 11. The normalized spacial score (nSPS) is 14.5. The summed E-state index contributed by atoms with van der Waals surface area (Å²) in [6, 6.07) is 0. The molecule has 0 atom stereocenters. The monoisotopic (exact) mass is 394 g/mol. The molecule has 0 heterocycles. The Hall–Kier alpha value is -1.13. The fourth-order valence-electron chi connectivity index (χ4n) is 2.18. The van der Waals surface area contributed by atoms with Gasteiger partial charge < -0.3 is 9.16 Å². The van der Waals surface area contributed by atoms with E-state index >= 15 is 0 Å². The minimum absolute atomic E-state index is 0.209. The van der Waals surface area contributed by atoms with E-state index in [1.165, 1.54) is 11.1 Å². The predicted octanol–water partition coefficient (Wildman–Crippen LogP) is 6.97. The van der Waals surface area contributed by atoms with Gasteiger partial charge in [-0.05, 0) is 71.5 Å². The van der Waals surface area contributed by atoms with Crippen LogP contribution >= 0.6 is 0 Å². The molecule has 0 saturated carbocycles. The molecule has 0 rings (SSSR count). The molecular weight excluding hydrogens is 352 g/mol. The minimum atomic E-state index is -1.66. The van der Waals surface area contributed by atoms with Gasteiger partial charge in [-0.1, -0.05) is 50.1 Å². The largest absolute Gasteiger partial charge is 0.463 e. The molecule has 0 bridgehead atoms. The Balaban J connectivity index is 4.24. The third-order valence-electron chi connectivity index (χ3n) is 5.21. The van der Waals surface area contributed by atoms with Crippen LogP contribution in [0.2, 0.25) is 18.1 Å². The van der Waals surface area contributed by atoms with Crippen molar-refractivity contribution in [2.45, 2.75) is 92.3 Å². The quantitative estimate of drug-likeness (QED) is 0.125. The molecule has 0 aliphatic heterocycles. The molecule has 27 heavy (non-hydrogen) atoms. The molecule has 0 fully saturated rings. The molecule has 4 heteroatoms. The van der Waals surface area contributed by atoms with Crippen LogP contribution in [0.25, 0.3) is 0 Å². The molecule has 0 unspecified atom stereocenters. The van der Waals surface area contributed by atoms with E-state index in [4.69, 9.17) is 9.16 Å². The lowest BCUT2D eigenvalue weighted by Gasteiger charge is -2.36. The van der Waals surface area contributed by atoms with Gasteiger partial charge in [-0.3, -0.25) is 0 Å². The fraction of sp³-hybridized carbons (Fsp3) is 0.696. The van der Waals surface area contributed by atoms with E-state index in [1.807, 2.05) is 19.9 Å². The SMILES string of the molecule is CCOC(=O)/C(C)=C/CC/C(C)=C/CC/C=C(\C)CO[Si](C)(C)C(C)(C)C. The van der Waals surface area contributed by atoms with Crippen LogP contribution < -0.4 is 0 Å². The first-order valence-electron chi connectivity index (χ1n) is 10.2. The number of unbranched alkanes of at least 4 members (excludes halogenated alkanes) is 1. The van der Waals surface area contributed by atoms with Gasteiger partial charge in [-0.15, -0.1) is 0 Å². The van der Waals surface area contributed by atoms with Gasteiger partial charge in [0, 0.05) is 5.57 Å². The van der Waals surface area contributed by atoms with Gasteiger partial charge in [0.2, 0.25) is 0 Å². The van der Waals surface area contributed by atoms with Crippen molar-refractivity contribution in [2.24, 2.45) is 0 Å². The van der Waals surface area contributed by atoms with Crippen LogP contribution in [0.15, 0.2) is 34.9 Å². The highest BCUT2D eigenvalue weighted by atomic mass is 28.4. The summed E-state index contributed by atoms with van der Waals surface area (Å²) in [4.78, 5) is 11.5. The fourth-order valence-corrected chi connectivity index (χ4v) is 3.20. The van der Waals surface area contributed by atoms with Crippen molar-refractivity contribution in [2.75, 3.05) is 13.2 Å². The van der Waals surface area contributed by atoms with E-state index in [0.29, 0.717) is 12.2 Å². The van der Waals surface area contributed by atoms with E-state index in [0.717, 1.165) is 32.3 Å². The van der Waals surface area contributed by atoms with E-state index in [-0.39, 0.29) is 11.0 Å². The van der Waals surface area contributed by atoms with Crippen molar-refractivity contribution in [3.63, 3.8) is 0 Å². The average molecular weight is 395 g/mol. The summed E-state index contributed by atoms with van der Waals surface area (Å²) in [5.41, 5.74) is 3.38. The zero-order chi connectivity index (χ0) is 21.1. The van der Waals surface area contributed by atoms with Crippen LogP contribution in [-0.4, -0.2) is 27.5 Å². The molecule has 0 radical (unpaired) electrons. The Morgan fingerprint density at radius 2 is 1.48 bits per heavy atom. The zero-order valence-electron chi connectivity index (χ0n) is 19.2. The second kappa shape index (κ2) is 12.3. The maximum atomic E-state index is 11.5. The van der Waals surface area contributed by atoms with Crippen LogP contribution in [-0.2, 0) is 14.0 Å². The highest BCUT2D eigenvalue weighted by Gasteiger charge is 2.36. The van der Waals surface area contributed by atoms with Gasteiger partial charge >= 0.3 is 5.97 Å². The first-order valence-corrected chi connectivity index (χ1v) is 13.1. The third-order valence-corrected chi connectivity index (χ3v) is 9.68. The Morgan fingerprint density at radius 1 is 0.926 bits per heavy atom. The van der Waals surface area contributed by atoms with Gasteiger partial charge in [0.15, 0.2) is 8.32 Å². The second-order valence-corrected chi connectivity index (χ2v) is 13.7. The molecule has 0 aliphatic carbocycles. The van der Waals surface area contributed by atoms with Gasteiger partial charge in [-0.25, -0.2) is 4.79 Å². The zero-order valence-corrected chi connectivity index (χ0v) is 20.2. The summed E-state index contributed by atoms with van der Waals surface area (Å²) in [6.07, 6.45) is 10.5. The van der Waals surface area contributed by atoms with E-state index < -0.39 is 8.32 Å². The molecule has 0 aliphatic rings. The Bertz CT molecular complexity index is 548. The van der Waals surface area contributed by atoms with Crippen LogP contribution in [0.4, 0.5) is 0 Å². The van der Waals surface area contributed by atoms with E-state index in [2.05, 4.69) is 59.9 Å². The van der Waals surface area contributed by atoms with Crippen molar-refractivity contribution >= 4 is 14.3 Å². The Kier molecular flexibility index (Phi) is 11.8. The molecule has 156 valence electrons. The number of ether oxygens (including phenoxy) is 1. The summed E-state index contributed by atoms with van der Waals surface area (Å²) < 4.78 is 11.2.